The smallest absolute Gasteiger partial charge is 0.0255 e. The molecular weight excluding hydrogens is 164 g/mol. The fraction of sp³-hybridized carbons (Fsp3) is 0.364. The van der Waals surface area contributed by atoms with Crippen LogP contribution in [0, 0.1) is 5.92 Å². The Morgan fingerprint density at radius 1 is 1.17 bits per heavy atom. The van der Waals surface area contributed by atoms with Crippen molar-refractivity contribution >= 4 is 17.1 Å². The van der Waals surface area contributed by atoms with Crippen molar-refractivity contribution in [3.05, 3.63) is 35.9 Å². The van der Waals surface area contributed by atoms with Crippen molar-refractivity contribution in [3.63, 3.8) is 0 Å². The Bertz CT molecular complexity index is 272. The molecule has 0 N–H and O–H groups in total. The van der Waals surface area contributed by atoms with Gasteiger partial charge in [0.05, 0.1) is 0 Å². The third kappa shape index (κ3) is 1.42. The number of thiocarbonyl (C=S) groups is 1. The SMILES string of the molecule is S=C(c1ccccc1)C1CCC1. The van der Waals surface area contributed by atoms with Crippen molar-refractivity contribution < 1.29 is 0 Å². The summed E-state index contributed by atoms with van der Waals surface area (Å²) < 4.78 is 0. The Labute approximate surface area is 78.6 Å². The summed E-state index contributed by atoms with van der Waals surface area (Å²) in [6.45, 7) is 0. The van der Waals surface area contributed by atoms with E-state index in [2.05, 4.69) is 24.3 Å². The second-order valence-corrected chi connectivity index (χ2v) is 3.80. The zero-order valence-corrected chi connectivity index (χ0v) is 7.81. The summed E-state index contributed by atoms with van der Waals surface area (Å²) >= 11 is 5.39. The monoisotopic (exact) mass is 176 g/mol. The normalized spacial score (nSPS) is 17.0. The van der Waals surface area contributed by atoms with Gasteiger partial charge in [0, 0.05) is 4.86 Å². The highest BCUT2D eigenvalue weighted by Gasteiger charge is 2.22. The van der Waals surface area contributed by atoms with E-state index in [0.29, 0.717) is 5.92 Å². The van der Waals surface area contributed by atoms with Gasteiger partial charge in [-0.1, -0.05) is 49.0 Å². The number of hydrogen-bond acceptors (Lipinski definition) is 1. The van der Waals surface area contributed by atoms with Gasteiger partial charge in [0.15, 0.2) is 0 Å². The van der Waals surface area contributed by atoms with Gasteiger partial charge in [-0.25, -0.2) is 0 Å². The summed E-state index contributed by atoms with van der Waals surface area (Å²) in [7, 11) is 0. The van der Waals surface area contributed by atoms with Crippen LogP contribution in [0.25, 0.3) is 0 Å². The fourth-order valence-corrected chi connectivity index (χ4v) is 1.88. The van der Waals surface area contributed by atoms with Gasteiger partial charge in [0.1, 0.15) is 0 Å². The summed E-state index contributed by atoms with van der Waals surface area (Å²) in [6.07, 6.45) is 3.96. The average Bonchev–Trinajstić information content (AvgIpc) is 2.03. The largest absolute Gasteiger partial charge is 0.0840 e. The van der Waals surface area contributed by atoms with Crippen molar-refractivity contribution in [1.29, 1.82) is 0 Å². The van der Waals surface area contributed by atoms with Crippen LogP contribution in [0.1, 0.15) is 24.8 Å². The van der Waals surface area contributed by atoms with Crippen molar-refractivity contribution in [2.45, 2.75) is 19.3 Å². The van der Waals surface area contributed by atoms with Crippen molar-refractivity contribution in [2.24, 2.45) is 5.92 Å². The van der Waals surface area contributed by atoms with Crippen LogP contribution < -0.4 is 0 Å². The molecule has 0 atom stereocenters. The summed E-state index contributed by atoms with van der Waals surface area (Å²) in [6, 6.07) is 10.4. The molecular formula is C11H12S. The lowest BCUT2D eigenvalue weighted by Gasteiger charge is -2.26. The molecule has 1 aliphatic rings. The van der Waals surface area contributed by atoms with Crippen molar-refractivity contribution in [2.75, 3.05) is 0 Å². The van der Waals surface area contributed by atoms with E-state index in [-0.39, 0.29) is 0 Å². The predicted octanol–water partition coefficient (Wildman–Crippen LogP) is 3.20. The van der Waals surface area contributed by atoms with Gasteiger partial charge in [0.2, 0.25) is 0 Å². The first-order chi connectivity index (χ1) is 5.88. The molecule has 1 aromatic carbocycles. The average molecular weight is 176 g/mol. The van der Waals surface area contributed by atoms with E-state index in [1.165, 1.54) is 29.7 Å². The van der Waals surface area contributed by atoms with Gasteiger partial charge in [-0.2, -0.15) is 0 Å². The zero-order chi connectivity index (χ0) is 8.39. The standard InChI is InChI=1S/C11H12S/c12-11(10-7-4-8-10)9-5-2-1-3-6-9/h1-3,5-6,10H,4,7-8H2. The minimum atomic E-state index is 0.697. The number of rotatable bonds is 2. The fourth-order valence-electron chi connectivity index (χ4n) is 1.51. The predicted molar refractivity (Wildman–Crippen MR) is 55.5 cm³/mol. The quantitative estimate of drug-likeness (QED) is 0.492. The minimum Gasteiger partial charge on any atom is -0.0840 e. The first-order valence-corrected chi connectivity index (χ1v) is 4.88. The van der Waals surface area contributed by atoms with Crippen LogP contribution in [-0.4, -0.2) is 4.86 Å². The molecule has 1 saturated carbocycles. The van der Waals surface area contributed by atoms with Crippen LogP contribution in [0.15, 0.2) is 30.3 Å². The molecule has 0 radical (unpaired) electrons. The molecule has 1 aliphatic carbocycles. The van der Waals surface area contributed by atoms with E-state index in [9.17, 15) is 0 Å². The lowest BCUT2D eigenvalue weighted by molar-refractivity contribution is 0.418. The molecule has 0 amide bonds. The van der Waals surface area contributed by atoms with Gasteiger partial charge in [0.25, 0.3) is 0 Å². The lowest BCUT2D eigenvalue weighted by Crippen LogP contribution is -2.20. The summed E-state index contributed by atoms with van der Waals surface area (Å²) in [4.78, 5) is 1.17. The number of hydrogen-bond donors (Lipinski definition) is 0. The molecule has 62 valence electrons. The molecule has 0 aliphatic heterocycles. The highest BCUT2D eigenvalue weighted by Crippen LogP contribution is 2.30. The molecule has 0 saturated heterocycles. The molecule has 0 spiro atoms. The van der Waals surface area contributed by atoms with Crippen LogP contribution in [0.2, 0.25) is 0 Å². The van der Waals surface area contributed by atoms with Crippen LogP contribution in [-0.2, 0) is 0 Å². The Morgan fingerprint density at radius 2 is 1.83 bits per heavy atom. The van der Waals surface area contributed by atoms with E-state index in [1.54, 1.807) is 0 Å². The second kappa shape index (κ2) is 3.36. The maximum absolute atomic E-state index is 5.39. The molecule has 0 heterocycles. The van der Waals surface area contributed by atoms with Crippen molar-refractivity contribution in [3.8, 4) is 0 Å². The first-order valence-electron chi connectivity index (χ1n) is 4.47. The molecule has 1 heteroatoms. The summed E-state index contributed by atoms with van der Waals surface area (Å²) in [5, 5.41) is 0. The molecule has 1 aromatic rings. The molecule has 2 rings (SSSR count). The maximum atomic E-state index is 5.39. The van der Waals surface area contributed by atoms with Crippen LogP contribution in [0.4, 0.5) is 0 Å². The molecule has 12 heavy (non-hydrogen) atoms. The Morgan fingerprint density at radius 3 is 2.33 bits per heavy atom. The minimum absolute atomic E-state index is 0.697. The molecule has 0 bridgehead atoms. The Balaban J connectivity index is 2.14. The summed E-state index contributed by atoms with van der Waals surface area (Å²) in [5.41, 5.74) is 1.25. The third-order valence-electron chi connectivity index (χ3n) is 2.53. The van der Waals surface area contributed by atoms with E-state index in [1.807, 2.05) is 6.07 Å². The molecule has 0 aromatic heterocycles. The van der Waals surface area contributed by atoms with Gasteiger partial charge >= 0.3 is 0 Å². The van der Waals surface area contributed by atoms with Crippen molar-refractivity contribution in [1.82, 2.24) is 0 Å². The number of benzene rings is 1. The van der Waals surface area contributed by atoms with E-state index in [0.717, 1.165) is 0 Å². The topological polar surface area (TPSA) is 0 Å². The maximum Gasteiger partial charge on any atom is 0.0255 e. The van der Waals surface area contributed by atoms with Gasteiger partial charge in [-0.3, -0.25) is 0 Å². The molecule has 0 unspecified atom stereocenters. The first kappa shape index (κ1) is 7.93. The van der Waals surface area contributed by atoms with Gasteiger partial charge in [-0.05, 0) is 24.3 Å². The molecule has 1 fully saturated rings. The zero-order valence-electron chi connectivity index (χ0n) is 6.99. The van der Waals surface area contributed by atoms with E-state index >= 15 is 0 Å². The second-order valence-electron chi connectivity index (χ2n) is 3.36. The van der Waals surface area contributed by atoms with E-state index in [4.69, 9.17) is 12.2 Å². The van der Waals surface area contributed by atoms with Crippen LogP contribution in [0.5, 0.6) is 0 Å². The lowest BCUT2D eigenvalue weighted by atomic mass is 9.81. The molecule has 0 nitrogen and oxygen atoms in total. The van der Waals surface area contributed by atoms with Gasteiger partial charge < -0.3 is 0 Å². The highest BCUT2D eigenvalue weighted by molar-refractivity contribution is 7.80. The highest BCUT2D eigenvalue weighted by atomic mass is 32.1. The van der Waals surface area contributed by atoms with E-state index < -0.39 is 0 Å². The van der Waals surface area contributed by atoms with Gasteiger partial charge in [-0.15, -0.1) is 0 Å². The van der Waals surface area contributed by atoms with Crippen LogP contribution in [0.3, 0.4) is 0 Å². The Kier molecular flexibility index (Phi) is 2.22. The Hall–Kier alpha value is -0.690. The van der Waals surface area contributed by atoms with Crippen LogP contribution >= 0.6 is 12.2 Å². The summed E-state index contributed by atoms with van der Waals surface area (Å²) in [5.74, 6) is 0.697. The third-order valence-corrected chi connectivity index (χ3v) is 3.10.